The van der Waals surface area contributed by atoms with Gasteiger partial charge in [0.2, 0.25) is 0 Å². The van der Waals surface area contributed by atoms with Gasteiger partial charge in [-0.25, -0.2) is 0 Å². The average molecular weight is 573 g/mol. The first-order valence-corrected chi connectivity index (χ1v) is 18.1. The third-order valence-corrected chi connectivity index (χ3v) is 8.39. The zero-order chi connectivity index (χ0) is 27.0. The van der Waals surface area contributed by atoms with E-state index in [4.69, 9.17) is 19.0 Å². The molecule has 0 aromatic rings. The van der Waals surface area contributed by atoms with E-state index in [0.717, 1.165) is 71.2 Å². The molecular weight excluding hydrogens is 511 g/mol. The molecule has 0 aliphatic rings. The van der Waals surface area contributed by atoms with E-state index in [9.17, 15) is 4.89 Å². The van der Waals surface area contributed by atoms with Gasteiger partial charge in [-0.3, -0.25) is 0 Å². The zero-order valence-electron chi connectivity index (χ0n) is 24.7. The predicted octanol–water partition coefficient (Wildman–Crippen LogP) is 9.13. The van der Waals surface area contributed by atoms with Crippen LogP contribution in [0.15, 0.2) is 0 Å². The fraction of sp³-hybridized carbons (Fsp3) is 1.00. The summed E-state index contributed by atoms with van der Waals surface area (Å²) < 4.78 is 27.5. The monoisotopic (exact) mass is 572 g/mol. The molecule has 0 spiro atoms. The summed E-state index contributed by atoms with van der Waals surface area (Å²) in [5.41, 5.74) is 0. The first-order valence-electron chi connectivity index (χ1n) is 15.1. The van der Waals surface area contributed by atoms with Gasteiger partial charge in [-0.2, -0.15) is 0 Å². The molecule has 0 aromatic carbocycles. The second-order valence-electron chi connectivity index (χ2n) is 9.28. The Kier molecular flexibility index (Phi) is 38.9. The predicted molar refractivity (Wildman–Crippen MR) is 148 cm³/mol. The summed E-state index contributed by atoms with van der Waals surface area (Å²) in [6, 6.07) is 0. The van der Waals surface area contributed by atoms with Crippen molar-refractivity contribution in [2.75, 3.05) is 33.0 Å². The van der Waals surface area contributed by atoms with Crippen LogP contribution in [0.1, 0.15) is 150 Å². The first kappa shape index (κ1) is 39.0. The van der Waals surface area contributed by atoms with Gasteiger partial charge >= 0.3 is 108 Å². The van der Waals surface area contributed by atoms with Crippen molar-refractivity contribution in [3.8, 4) is 0 Å². The molecule has 218 valence electrons. The van der Waals surface area contributed by atoms with Gasteiger partial charge in [0.05, 0.1) is 21.8 Å². The molecule has 0 saturated carbocycles. The van der Waals surface area contributed by atoms with Gasteiger partial charge in [-0.05, 0) is 12.8 Å². The van der Waals surface area contributed by atoms with Crippen LogP contribution in [-0.2, 0) is 38.0 Å². The normalized spacial score (nSPS) is 11.1. The van der Waals surface area contributed by atoms with E-state index < -0.39 is 27.6 Å². The van der Waals surface area contributed by atoms with Crippen LogP contribution in [0.4, 0.5) is 0 Å². The van der Waals surface area contributed by atoms with Crippen molar-refractivity contribution in [2.45, 2.75) is 150 Å². The van der Waals surface area contributed by atoms with E-state index in [0.29, 0.717) is 13.2 Å². The summed E-state index contributed by atoms with van der Waals surface area (Å²) in [5.74, 6) is 0. The Labute approximate surface area is 234 Å². The standard InChI is InChI=1S/C16H34O3P.3C4H9O.Ti/c1-3-5-7-9-11-13-15-18-20(17)19-16-14-12-10-8-6-4-2;3*1-2-3-4-5;/h3-16H2,1-2H3;3*2-4H2,1H3;/q4*-1;+4. The molecule has 0 heterocycles. The minimum absolute atomic E-state index is 0.567. The summed E-state index contributed by atoms with van der Waals surface area (Å²) in [4.78, 5) is 11.4. The van der Waals surface area contributed by atoms with Crippen molar-refractivity contribution in [3.63, 3.8) is 0 Å². The van der Waals surface area contributed by atoms with E-state index in [1.807, 2.05) is 0 Å². The topological polar surface area (TPSA) is 69.2 Å². The van der Waals surface area contributed by atoms with Gasteiger partial charge in [0.25, 0.3) is 0 Å². The van der Waals surface area contributed by atoms with Crippen molar-refractivity contribution < 1.29 is 42.9 Å². The third-order valence-electron chi connectivity index (χ3n) is 5.54. The van der Waals surface area contributed by atoms with Gasteiger partial charge in [0.15, 0.2) is 0 Å². The Morgan fingerprint density at radius 1 is 0.417 bits per heavy atom. The zero-order valence-corrected chi connectivity index (χ0v) is 27.1. The first-order chi connectivity index (χ1) is 17.7. The van der Waals surface area contributed by atoms with Gasteiger partial charge in [-0.15, -0.1) is 0 Å². The van der Waals surface area contributed by atoms with E-state index in [1.54, 1.807) is 0 Å². The van der Waals surface area contributed by atoms with E-state index in [1.165, 1.54) is 64.2 Å². The van der Waals surface area contributed by atoms with Crippen LogP contribution in [0.5, 0.6) is 0 Å². The van der Waals surface area contributed by atoms with E-state index in [2.05, 4.69) is 34.6 Å². The molecule has 0 N–H and O–H groups in total. The second-order valence-corrected chi connectivity index (χ2v) is 12.4. The molecule has 0 saturated heterocycles. The van der Waals surface area contributed by atoms with Gasteiger partial charge in [0, 0.05) is 0 Å². The van der Waals surface area contributed by atoms with Crippen LogP contribution in [0.3, 0.4) is 0 Å². The van der Waals surface area contributed by atoms with Crippen molar-refractivity contribution in [1.29, 1.82) is 0 Å². The summed E-state index contributed by atoms with van der Waals surface area (Å²) in [6.07, 6.45) is 21.4. The Balaban J connectivity index is 0. The summed E-state index contributed by atoms with van der Waals surface area (Å²) in [5, 5.41) is 0. The molecule has 0 aliphatic heterocycles. The molecule has 0 fully saturated rings. The summed E-state index contributed by atoms with van der Waals surface area (Å²) in [7, 11) is -1.89. The molecule has 6 nitrogen and oxygen atoms in total. The summed E-state index contributed by atoms with van der Waals surface area (Å²) in [6.45, 7) is 14.5. The minimum atomic E-state index is -2.10. The molecule has 0 unspecified atom stereocenters. The molecule has 36 heavy (non-hydrogen) atoms. The molecule has 0 amide bonds. The quantitative estimate of drug-likeness (QED) is 0.0529. The van der Waals surface area contributed by atoms with Crippen molar-refractivity contribution >= 4 is 8.60 Å². The number of hydrogen-bond donors (Lipinski definition) is 0. The molecule has 0 bridgehead atoms. The maximum atomic E-state index is 11.4. The Bertz CT molecular complexity index is 340. The van der Waals surface area contributed by atoms with E-state index >= 15 is 0 Å². The fourth-order valence-corrected chi connectivity index (χ4v) is 5.58. The Morgan fingerprint density at radius 2 is 0.722 bits per heavy atom. The van der Waals surface area contributed by atoms with Crippen molar-refractivity contribution in [3.05, 3.63) is 0 Å². The average Bonchev–Trinajstić information content (AvgIpc) is 2.88. The molecule has 0 aliphatic carbocycles. The van der Waals surface area contributed by atoms with Crippen molar-refractivity contribution in [2.24, 2.45) is 0 Å². The Morgan fingerprint density at radius 3 is 1.06 bits per heavy atom. The van der Waals surface area contributed by atoms with Crippen molar-refractivity contribution in [1.82, 2.24) is 0 Å². The van der Waals surface area contributed by atoms with Gasteiger partial charge in [0.1, 0.15) is 0 Å². The number of rotatable bonds is 28. The van der Waals surface area contributed by atoms with Crippen LogP contribution in [0.25, 0.3) is 0 Å². The van der Waals surface area contributed by atoms with Gasteiger partial charge < -0.3 is 13.9 Å². The van der Waals surface area contributed by atoms with Crippen LogP contribution < -0.4 is 4.89 Å². The molecule has 0 aromatic heterocycles. The Hall–Kier alpha value is 0.904. The van der Waals surface area contributed by atoms with Crippen LogP contribution in [0, 0.1) is 0 Å². The van der Waals surface area contributed by atoms with E-state index in [-0.39, 0.29) is 0 Å². The summed E-state index contributed by atoms with van der Waals surface area (Å²) >= 11 is -2.10. The maximum absolute atomic E-state index is 11.4. The molecular formula is C28H61O6PTi. The molecule has 0 rings (SSSR count). The fourth-order valence-electron chi connectivity index (χ4n) is 3.10. The third kappa shape index (κ3) is 34.9. The van der Waals surface area contributed by atoms with Crippen LogP contribution in [-0.4, -0.2) is 33.0 Å². The molecule has 0 atom stereocenters. The SMILES string of the molecule is CCCCCCCCOP([O-])OCCCCCCCC.CCCC[O][Ti+]([O]CCCC)[O]CCCC. The molecule has 0 radical (unpaired) electrons. The molecule has 8 heteroatoms. The second kappa shape index (κ2) is 35.9. The van der Waals surface area contributed by atoms with Gasteiger partial charge in [-0.1, -0.05) is 78.1 Å². The van der Waals surface area contributed by atoms with Crippen LogP contribution in [0.2, 0.25) is 0 Å². The number of unbranched alkanes of at least 4 members (excludes halogenated alkanes) is 13. The van der Waals surface area contributed by atoms with Crippen LogP contribution >= 0.6 is 8.60 Å². The number of hydrogen-bond acceptors (Lipinski definition) is 6.